The van der Waals surface area contributed by atoms with Gasteiger partial charge in [-0.25, -0.2) is 14.8 Å². The van der Waals surface area contributed by atoms with Crippen LogP contribution in [0.2, 0.25) is 0 Å². The molecule has 5 heteroatoms. The molecule has 0 aliphatic heterocycles. The third kappa shape index (κ3) is 2.23. The van der Waals surface area contributed by atoms with Gasteiger partial charge in [-0.15, -0.1) is 0 Å². The second-order valence-corrected chi connectivity index (χ2v) is 5.42. The van der Waals surface area contributed by atoms with Crippen LogP contribution in [0, 0.1) is 0 Å². The molecule has 24 heavy (non-hydrogen) atoms. The highest BCUT2D eigenvalue weighted by molar-refractivity contribution is 6.03. The lowest BCUT2D eigenvalue weighted by atomic mass is 10.1. The summed E-state index contributed by atoms with van der Waals surface area (Å²) < 4.78 is 0. The monoisotopic (exact) mass is 316 g/mol. The van der Waals surface area contributed by atoms with Crippen LogP contribution in [0.5, 0.6) is 5.75 Å². The molecule has 0 fully saturated rings. The van der Waals surface area contributed by atoms with E-state index in [2.05, 4.69) is 9.97 Å². The van der Waals surface area contributed by atoms with Gasteiger partial charge in [0.25, 0.3) is 0 Å². The van der Waals surface area contributed by atoms with Crippen LogP contribution in [0.3, 0.4) is 0 Å². The maximum atomic E-state index is 11.6. The van der Waals surface area contributed by atoms with E-state index in [9.17, 15) is 15.0 Å². The fourth-order valence-corrected chi connectivity index (χ4v) is 2.77. The van der Waals surface area contributed by atoms with E-state index in [4.69, 9.17) is 0 Å². The predicted molar refractivity (Wildman–Crippen MR) is 91.1 cm³/mol. The van der Waals surface area contributed by atoms with E-state index in [1.54, 1.807) is 36.4 Å². The summed E-state index contributed by atoms with van der Waals surface area (Å²) in [6.45, 7) is 0. The number of hydrogen-bond donors (Lipinski definition) is 2. The molecule has 0 atom stereocenters. The molecule has 0 amide bonds. The number of pyridine rings is 2. The van der Waals surface area contributed by atoms with Crippen molar-refractivity contribution in [3.05, 3.63) is 66.2 Å². The van der Waals surface area contributed by atoms with Crippen molar-refractivity contribution < 1.29 is 15.0 Å². The van der Waals surface area contributed by atoms with Crippen LogP contribution >= 0.6 is 0 Å². The number of para-hydroxylation sites is 2. The molecule has 5 nitrogen and oxygen atoms in total. The summed E-state index contributed by atoms with van der Waals surface area (Å²) in [6, 6.07) is 17.3. The smallest absolute Gasteiger partial charge is 0.336 e. The Labute approximate surface area is 136 Å². The number of benzene rings is 2. The van der Waals surface area contributed by atoms with Crippen molar-refractivity contribution >= 4 is 27.8 Å². The first-order chi connectivity index (χ1) is 11.6. The quantitative estimate of drug-likeness (QED) is 0.587. The molecule has 0 bridgehead atoms. The average molecular weight is 316 g/mol. The molecule has 2 aromatic heterocycles. The van der Waals surface area contributed by atoms with E-state index in [-0.39, 0.29) is 11.3 Å². The van der Waals surface area contributed by atoms with Crippen molar-refractivity contribution in [2.24, 2.45) is 0 Å². The third-order valence-electron chi connectivity index (χ3n) is 3.90. The zero-order valence-electron chi connectivity index (χ0n) is 12.5. The van der Waals surface area contributed by atoms with Crippen LogP contribution in [-0.2, 0) is 0 Å². The van der Waals surface area contributed by atoms with Crippen LogP contribution in [0.15, 0.2) is 60.7 Å². The summed E-state index contributed by atoms with van der Waals surface area (Å²) in [5.41, 5.74) is 2.19. The third-order valence-corrected chi connectivity index (χ3v) is 3.90. The van der Waals surface area contributed by atoms with E-state index in [0.717, 1.165) is 0 Å². The highest BCUT2D eigenvalue weighted by atomic mass is 16.4. The number of hydrogen-bond acceptors (Lipinski definition) is 4. The maximum absolute atomic E-state index is 11.6. The lowest BCUT2D eigenvalue weighted by Gasteiger charge is -2.08. The normalized spacial score (nSPS) is 11.0. The minimum Gasteiger partial charge on any atom is -0.507 e. The fraction of sp³-hybridized carbons (Fsp3) is 0. The molecule has 0 saturated carbocycles. The van der Waals surface area contributed by atoms with Crippen LogP contribution in [0.1, 0.15) is 10.4 Å². The van der Waals surface area contributed by atoms with Crippen LogP contribution in [-0.4, -0.2) is 26.2 Å². The Balaban J connectivity index is 2.01. The topological polar surface area (TPSA) is 83.3 Å². The first-order valence-corrected chi connectivity index (χ1v) is 7.36. The summed E-state index contributed by atoms with van der Waals surface area (Å²) in [5, 5.41) is 20.9. The van der Waals surface area contributed by atoms with Crippen molar-refractivity contribution in [3.63, 3.8) is 0 Å². The minimum atomic E-state index is -1.03. The summed E-state index contributed by atoms with van der Waals surface area (Å²) in [7, 11) is 0. The molecule has 0 aliphatic carbocycles. The molecule has 0 spiro atoms. The molecule has 0 unspecified atom stereocenters. The summed E-state index contributed by atoms with van der Waals surface area (Å²) in [5.74, 6) is -0.942. The van der Waals surface area contributed by atoms with Crippen LogP contribution < -0.4 is 0 Å². The molecule has 2 aromatic carbocycles. The van der Waals surface area contributed by atoms with Crippen LogP contribution in [0.25, 0.3) is 33.2 Å². The number of carboxylic acids is 1. The Morgan fingerprint density at radius 3 is 2.00 bits per heavy atom. The summed E-state index contributed by atoms with van der Waals surface area (Å²) in [6.07, 6.45) is 0. The lowest BCUT2D eigenvalue weighted by molar-refractivity contribution is 0.0699. The predicted octanol–water partition coefficient (Wildman–Crippen LogP) is 3.85. The second kappa shape index (κ2) is 5.31. The number of aromatic nitrogens is 2. The first kappa shape index (κ1) is 14.1. The van der Waals surface area contributed by atoms with Crippen molar-refractivity contribution in [1.29, 1.82) is 0 Å². The molecule has 0 aliphatic rings. The minimum absolute atomic E-state index is 0.0856. The number of nitrogens with zero attached hydrogens (tertiary/aromatic N) is 2. The van der Waals surface area contributed by atoms with Gasteiger partial charge in [0, 0.05) is 16.8 Å². The van der Waals surface area contributed by atoms with Gasteiger partial charge in [0.1, 0.15) is 5.75 Å². The number of aromatic hydroxyl groups is 1. The SMILES string of the molecule is O=C(O)c1cc(-c2cc(O)c3ccccc3n2)nc2ccccc12. The molecular formula is C19H12N2O3. The summed E-state index contributed by atoms with van der Waals surface area (Å²) in [4.78, 5) is 20.6. The highest BCUT2D eigenvalue weighted by Gasteiger charge is 2.14. The van der Waals surface area contributed by atoms with Gasteiger partial charge >= 0.3 is 5.97 Å². The van der Waals surface area contributed by atoms with E-state index < -0.39 is 5.97 Å². The van der Waals surface area contributed by atoms with Gasteiger partial charge in [-0.05, 0) is 24.3 Å². The molecule has 0 radical (unpaired) electrons. The molecule has 4 rings (SSSR count). The molecular weight excluding hydrogens is 304 g/mol. The Hall–Kier alpha value is -3.47. The summed E-state index contributed by atoms with van der Waals surface area (Å²) >= 11 is 0. The standard InChI is InChI=1S/C19H12N2O3/c22-18-10-17(21-15-8-4-2-6-12(15)18)16-9-13(19(23)24)11-5-1-3-7-14(11)20-16/h1-10H,(H,21,22)(H,23,24). The number of rotatable bonds is 2. The number of aromatic carboxylic acids is 1. The number of carbonyl (C=O) groups is 1. The van der Waals surface area contributed by atoms with Gasteiger partial charge in [-0.2, -0.15) is 0 Å². The molecule has 4 aromatic rings. The Morgan fingerprint density at radius 2 is 1.33 bits per heavy atom. The van der Waals surface area contributed by atoms with Gasteiger partial charge < -0.3 is 10.2 Å². The molecule has 116 valence electrons. The van der Waals surface area contributed by atoms with Gasteiger partial charge in [0.15, 0.2) is 0 Å². The Morgan fingerprint density at radius 1 is 0.792 bits per heavy atom. The lowest BCUT2D eigenvalue weighted by Crippen LogP contribution is -2.00. The largest absolute Gasteiger partial charge is 0.507 e. The first-order valence-electron chi connectivity index (χ1n) is 7.36. The van der Waals surface area contributed by atoms with Gasteiger partial charge in [-0.3, -0.25) is 0 Å². The average Bonchev–Trinajstić information content (AvgIpc) is 2.60. The Bertz CT molecular complexity index is 1110. The van der Waals surface area contributed by atoms with Crippen molar-refractivity contribution in [3.8, 4) is 17.1 Å². The van der Waals surface area contributed by atoms with E-state index in [1.165, 1.54) is 12.1 Å². The molecule has 2 heterocycles. The number of carboxylic acid groups (broad SMARTS) is 1. The zero-order valence-corrected chi connectivity index (χ0v) is 12.5. The van der Waals surface area contributed by atoms with E-state index >= 15 is 0 Å². The Kier molecular flexibility index (Phi) is 3.13. The zero-order chi connectivity index (χ0) is 16.7. The van der Waals surface area contributed by atoms with Crippen molar-refractivity contribution in [1.82, 2.24) is 9.97 Å². The van der Waals surface area contributed by atoms with E-state index in [0.29, 0.717) is 33.2 Å². The second-order valence-electron chi connectivity index (χ2n) is 5.42. The highest BCUT2D eigenvalue weighted by Crippen LogP contribution is 2.30. The molecule has 0 saturated heterocycles. The van der Waals surface area contributed by atoms with Crippen molar-refractivity contribution in [2.75, 3.05) is 0 Å². The van der Waals surface area contributed by atoms with Gasteiger partial charge in [-0.1, -0.05) is 30.3 Å². The van der Waals surface area contributed by atoms with E-state index in [1.807, 2.05) is 12.1 Å². The van der Waals surface area contributed by atoms with Gasteiger partial charge in [0.05, 0.1) is 28.0 Å². The maximum Gasteiger partial charge on any atom is 0.336 e. The van der Waals surface area contributed by atoms with Crippen LogP contribution in [0.4, 0.5) is 0 Å². The number of fused-ring (bicyclic) bond motifs is 2. The van der Waals surface area contributed by atoms with Crippen molar-refractivity contribution in [2.45, 2.75) is 0 Å². The van der Waals surface area contributed by atoms with Gasteiger partial charge in [0.2, 0.25) is 0 Å². The molecule has 2 N–H and O–H groups in total. The fourth-order valence-electron chi connectivity index (χ4n) is 2.77.